The van der Waals surface area contributed by atoms with Gasteiger partial charge in [0.05, 0.1) is 17.5 Å². The molecule has 2 aliphatic carbocycles. The van der Waals surface area contributed by atoms with Crippen molar-refractivity contribution in [2.45, 2.75) is 88.4 Å². The van der Waals surface area contributed by atoms with Gasteiger partial charge in [0.25, 0.3) is 5.91 Å². The first kappa shape index (κ1) is 33.9. The van der Waals surface area contributed by atoms with E-state index in [-0.39, 0.29) is 23.2 Å². The largest absolute Gasteiger partial charge is 0.490 e. The Morgan fingerprint density at radius 2 is 2.00 bits per heavy atom. The highest BCUT2D eigenvalue weighted by Crippen LogP contribution is 2.49. The summed E-state index contributed by atoms with van der Waals surface area (Å²) >= 11 is 6.45. The summed E-state index contributed by atoms with van der Waals surface area (Å²) in [6, 6.07) is 11.5. The number of ether oxygens (including phenoxy) is 2. The van der Waals surface area contributed by atoms with Crippen LogP contribution in [-0.2, 0) is 26.6 Å². The van der Waals surface area contributed by atoms with E-state index in [1.807, 2.05) is 31.2 Å². The molecule has 1 amide bonds. The van der Waals surface area contributed by atoms with Gasteiger partial charge in [0.1, 0.15) is 11.4 Å². The molecule has 1 fully saturated rings. The predicted molar refractivity (Wildman–Crippen MR) is 188 cm³/mol. The first-order valence-electron chi connectivity index (χ1n) is 17.1. The van der Waals surface area contributed by atoms with Crippen LogP contribution in [0.25, 0.3) is 0 Å². The molecule has 1 saturated carbocycles. The van der Waals surface area contributed by atoms with Crippen LogP contribution in [0.5, 0.6) is 5.75 Å². The van der Waals surface area contributed by atoms with Gasteiger partial charge in [0, 0.05) is 48.5 Å². The number of allylic oxidation sites excluding steroid dienone is 1. The second-order valence-electron chi connectivity index (χ2n) is 14.1. The Balaban J connectivity index is 1.47. The number of methoxy groups -OCH3 is 1. The lowest BCUT2D eigenvalue weighted by Gasteiger charge is -2.48. The van der Waals surface area contributed by atoms with E-state index in [0.717, 1.165) is 62.2 Å². The van der Waals surface area contributed by atoms with Gasteiger partial charge in [0.2, 0.25) is 10.0 Å². The van der Waals surface area contributed by atoms with Crippen LogP contribution < -0.4 is 14.4 Å². The third-order valence-corrected chi connectivity index (χ3v) is 13.3. The van der Waals surface area contributed by atoms with Crippen molar-refractivity contribution in [2.75, 3.05) is 31.7 Å². The molecule has 2 aromatic carbocycles. The van der Waals surface area contributed by atoms with Crippen molar-refractivity contribution in [1.29, 1.82) is 0 Å². The van der Waals surface area contributed by atoms with E-state index in [4.69, 9.17) is 21.1 Å². The first-order valence-corrected chi connectivity index (χ1v) is 19.0. The molecule has 2 aliphatic heterocycles. The van der Waals surface area contributed by atoms with Crippen molar-refractivity contribution < 1.29 is 22.7 Å². The Kier molecular flexibility index (Phi) is 9.73. The number of hydrogen-bond donors (Lipinski definition) is 1. The number of carbonyl (C=O) groups is 1. The average Bonchev–Trinajstić information content (AvgIpc) is 3.18. The van der Waals surface area contributed by atoms with E-state index in [9.17, 15) is 13.2 Å². The number of carbonyl (C=O) groups excluding carboxylic acids is 1. The zero-order valence-corrected chi connectivity index (χ0v) is 29.6. The van der Waals surface area contributed by atoms with Crippen molar-refractivity contribution in [1.82, 2.24) is 4.72 Å². The third-order valence-electron chi connectivity index (χ3n) is 11.1. The van der Waals surface area contributed by atoms with E-state index in [0.29, 0.717) is 30.9 Å². The second-order valence-corrected chi connectivity index (χ2v) is 16.6. The minimum absolute atomic E-state index is 0.157. The fraction of sp³-hybridized carbons (Fsp3) is 0.553. The fourth-order valence-electron chi connectivity index (χ4n) is 7.98. The Labute approximate surface area is 285 Å². The number of aryl methyl sites for hydroxylation is 1. The van der Waals surface area contributed by atoms with Gasteiger partial charge >= 0.3 is 0 Å². The van der Waals surface area contributed by atoms with Gasteiger partial charge in [0.15, 0.2) is 0 Å². The van der Waals surface area contributed by atoms with E-state index in [1.54, 1.807) is 20.1 Å². The summed E-state index contributed by atoms with van der Waals surface area (Å²) in [6.07, 6.45) is 11.4. The number of hydrogen-bond acceptors (Lipinski definition) is 6. The van der Waals surface area contributed by atoms with Crippen LogP contribution in [0.1, 0.15) is 87.2 Å². The zero-order chi connectivity index (χ0) is 33.4. The SMILES string of the molecule is CCCC#C[C@@]1(OC)/C=C/C[C@H](C)[C@@H](C)S(=O)(=O)NC(=O)c2ccc3c(c2)N(C[C@@H]2CC[C@H]21)C[C@@]1(CCCc2cc(Cl)ccc21)CO3. The Bertz CT molecular complexity index is 1710. The zero-order valence-electron chi connectivity index (χ0n) is 28.0. The molecule has 0 aromatic heterocycles. The third kappa shape index (κ3) is 6.56. The molecule has 6 rings (SSSR count). The van der Waals surface area contributed by atoms with Crippen LogP contribution in [-0.4, -0.2) is 52.0 Å². The second kappa shape index (κ2) is 13.5. The Hall–Kier alpha value is -2.99. The fourth-order valence-corrected chi connectivity index (χ4v) is 9.46. The number of fused-ring (bicyclic) bond motifs is 4. The molecule has 47 heavy (non-hydrogen) atoms. The van der Waals surface area contributed by atoms with Gasteiger partial charge < -0.3 is 14.4 Å². The summed E-state index contributed by atoms with van der Waals surface area (Å²) in [6.45, 7) is 7.62. The van der Waals surface area contributed by atoms with Gasteiger partial charge in [-0.05, 0) is 111 Å². The topological polar surface area (TPSA) is 84.9 Å². The number of unbranched alkanes of at least 4 members (excludes halogenated alkanes) is 1. The molecular formula is C38H47ClN2O5S. The molecule has 6 atom stereocenters. The van der Waals surface area contributed by atoms with Crippen LogP contribution in [0.2, 0.25) is 5.02 Å². The lowest BCUT2D eigenvalue weighted by atomic mass is 9.64. The number of nitrogens with zero attached hydrogens (tertiary/aromatic N) is 1. The van der Waals surface area contributed by atoms with Crippen LogP contribution in [0, 0.1) is 29.6 Å². The van der Waals surface area contributed by atoms with Crippen LogP contribution in [0.15, 0.2) is 48.6 Å². The summed E-state index contributed by atoms with van der Waals surface area (Å²) in [5.74, 6) is 7.19. The lowest BCUT2D eigenvalue weighted by molar-refractivity contribution is -0.0351. The maximum atomic E-state index is 13.5. The standard InChI is InChI=1S/C38H47ClN2O5S/c1-5-6-7-19-38(45-4)20-8-10-26(2)27(3)47(43,44)40-36(42)29-13-17-35-34(22-29)41(23-30-12-15-33(30)38)24-37(25-46-35)18-9-11-28-21-31(39)14-16-32(28)37/h8,13-14,16-17,20-22,26-27,30,33H,5-6,9-12,15,18,23-25H2,1-4H3,(H,40,42)/b20-8+/t26-,27+,30-,33+,37-,38+/m0/s1. The summed E-state index contributed by atoms with van der Waals surface area (Å²) in [5, 5.41) is -0.0487. The number of amides is 1. The number of rotatable bonds is 2. The van der Waals surface area contributed by atoms with E-state index in [2.05, 4.69) is 46.6 Å². The smallest absolute Gasteiger partial charge is 0.264 e. The van der Waals surface area contributed by atoms with Crippen LogP contribution >= 0.6 is 11.6 Å². The molecule has 0 unspecified atom stereocenters. The summed E-state index contributed by atoms with van der Waals surface area (Å²) < 4.78 is 42.2. The molecule has 2 bridgehead atoms. The van der Waals surface area contributed by atoms with Crippen molar-refractivity contribution >= 4 is 33.2 Å². The summed E-state index contributed by atoms with van der Waals surface area (Å²) in [4.78, 5) is 15.9. The maximum absolute atomic E-state index is 13.5. The molecule has 1 N–H and O–H groups in total. The van der Waals surface area contributed by atoms with Crippen molar-refractivity contribution in [3.8, 4) is 17.6 Å². The van der Waals surface area contributed by atoms with Gasteiger partial charge in [-0.15, -0.1) is 0 Å². The maximum Gasteiger partial charge on any atom is 0.264 e. The van der Waals surface area contributed by atoms with Crippen molar-refractivity contribution in [3.63, 3.8) is 0 Å². The minimum atomic E-state index is -3.95. The minimum Gasteiger partial charge on any atom is -0.490 e. The quantitative estimate of drug-likeness (QED) is 0.270. The van der Waals surface area contributed by atoms with E-state index >= 15 is 0 Å². The molecule has 2 heterocycles. The van der Waals surface area contributed by atoms with Crippen molar-refractivity contribution in [2.24, 2.45) is 17.8 Å². The van der Waals surface area contributed by atoms with E-state index in [1.165, 1.54) is 11.1 Å². The normalized spacial score (nSPS) is 32.3. The van der Waals surface area contributed by atoms with Gasteiger partial charge in [-0.2, -0.15) is 0 Å². The van der Waals surface area contributed by atoms with Crippen molar-refractivity contribution in [3.05, 3.63) is 70.3 Å². The average molecular weight is 679 g/mol. The summed E-state index contributed by atoms with van der Waals surface area (Å²) in [5.41, 5.74) is 2.59. The predicted octanol–water partition coefficient (Wildman–Crippen LogP) is 7.07. The molecule has 0 radical (unpaired) electrons. The lowest BCUT2D eigenvalue weighted by Crippen LogP contribution is -2.52. The molecule has 2 aromatic rings. The molecule has 252 valence electrons. The Morgan fingerprint density at radius 3 is 2.74 bits per heavy atom. The van der Waals surface area contributed by atoms with Crippen LogP contribution in [0.3, 0.4) is 0 Å². The highest BCUT2D eigenvalue weighted by Gasteiger charge is 2.48. The highest BCUT2D eigenvalue weighted by molar-refractivity contribution is 7.90. The Morgan fingerprint density at radius 1 is 1.17 bits per heavy atom. The number of benzene rings is 2. The number of halogens is 1. The molecule has 0 saturated heterocycles. The number of anilines is 1. The number of sulfonamides is 1. The monoisotopic (exact) mass is 678 g/mol. The van der Waals surface area contributed by atoms with Gasteiger partial charge in [-0.1, -0.05) is 49.4 Å². The van der Waals surface area contributed by atoms with Gasteiger partial charge in [-0.25, -0.2) is 13.1 Å². The number of nitrogens with one attached hydrogen (secondary N) is 1. The molecule has 7 nitrogen and oxygen atoms in total. The molecule has 1 spiro atoms. The van der Waals surface area contributed by atoms with Gasteiger partial charge in [-0.3, -0.25) is 4.79 Å². The first-order chi connectivity index (χ1) is 22.5. The van der Waals surface area contributed by atoms with Crippen LogP contribution in [0.4, 0.5) is 5.69 Å². The summed E-state index contributed by atoms with van der Waals surface area (Å²) in [7, 11) is -2.20. The highest BCUT2D eigenvalue weighted by atomic mass is 35.5. The molecular weight excluding hydrogens is 632 g/mol. The molecule has 4 aliphatic rings. The molecule has 9 heteroatoms. The van der Waals surface area contributed by atoms with E-state index < -0.39 is 26.8 Å².